The zero-order valence-electron chi connectivity index (χ0n) is 19.1. The predicted molar refractivity (Wildman–Crippen MR) is 134 cm³/mol. The van der Waals surface area contributed by atoms with Crippen LogP contribution >= 0.6 is 0 Å². The molecule has 4 aromatic rings. The normalized spacial score (nSPS) is 21.1. The maximum Gasteiger partial charge on any atom is 0.256 e. The molecule has 2 heterocycles. The molecule has 6 rings (SSSR count). The third-order valence-corrected chi connectivity index (χ3v) is 6.88. The van der Waals surface area contributed by atoms with Gasteiger partial charge in [-0.1, -0.05) is 97.1 Å². The van der Waals surface area contributed by atoms with Crippen LogP contribution in [0, 0.1) is 0 Å². The zero-order chi connectivity index (χ0) is 23.8. The number of nitrogens with zero attached hydrogens (tertiary/aromatic N) is 2. The molecule has 0 saturated carbocycles. The Bertz CT molecular complexity index is 1370. The minimum absolute atomic E-state index is 0.0392. The molecule has 0 spiro atoms. The van der Waals surface area contributed by atoms with Crippen molar-refractivity contribution in [3.63, 3.8) is 0 Å². The van der Waals surface area contributed by atoms with Crippen molar-refractivity contribution in [3.8, 4) is 0 Å². The van der Waals surface area contributed by atoms with Gasteiger partial charge in [-0.25, -0.2) is 0 Å². The van der Waals surface area contributed by atoms with Gasteiger partial charge >= 0.3 is 0 Å². The molecule has 35 heavy (non-hydrogen) atoms. The second-order valence-electron chi connectivity index (χ2n) is 8.82. The summed E-state index contributed by atoms with van der Waals surface area (Å²) in [4.78, 5) is 30.6. The molecule has 1 saturated heterocycles. The molecule has 2 aliphatic rings. The smallest absolute Gasteiger partial charge is 0.256 e. The average Bonchev–Trinajstić information content (AvgIpc) is 3.01. The second kappa shape index (κ2) is 8.53. The van der Waals surface area contributed by atoms with E-state index in [1.54, 1.807) is 9.80 Å². The first kappa shape index (κ1) is 21.3. The molecule has 172 valence electrons. The molecule has 5 heteroatoms. The fourth-order valence-corrected chi connectivity index (χ4v) is 5.35. The first-order valence-corrected chi connectivity index (χ1v) is 11.7. The monoisotopic (exact) mass is 460 g/mol. The van der Waals surface area contributed by atoms with E-state index in [2.05, 4.69) is 0 Å². The lowest BCUT2D eigenvalue weighted by Gasteiger charge is -2.56. The summed E-state index contributed by atoms with van der Waals surface area (Å²) >= 11 is 0. The van der Waals surface area contributed by atoms with Crippen LogP contribution in [0.2, 0.25) is 0 Å². The van der Waals surface area contributed by atoms with Crippen LogP contribution in [0.25, 0.3) is 0 Å². The standard InChI is InChI=1S/C30H24N2O3/c33-27-20-31-29(34)28(35-21-22-12-4-1-5-13-22)30(31,23-14-6-2-7-15-23)25-18-10-11-19-26(25)32(27)24-16-8-3-9-17-24/h1-19,28H,20-21H2/t28-,30-/m1/s1. The van der Waals surface area contributed by atoms with Gasteiger partial charge in [-0.15, -0.1) is 0 Å². The fourth-order valence-electron chi connectivity index (χ4n) is 5.35. The first-order chi connectivity index (χ1) is 17.2. The van der Waals surface area contributed by atoms with E-state index in [0.717, 1.165) is 28.1 Å². The van der Waals surface area contributed by atoms with Gasteiger partial charge in [0, 0.05) is 11.3 Å². The number of hydrogen-bond acceptors (Lipinski definition) is 3. The largest absolute Gasteiger partial charge is 0.360 e. The van der Waals surface area contributed by atoms with Gasteiger partial charge in [0.05, 0.1) is 12.3 Å². The van der Waals surface area contributed by atoms with Crippen molar-refractivity contribution < 1.29 is 14.3 Å². The predicted octanol–water partition coefficient (Wildman–Crippen LogP) is 5.04. The van der Waals surface area contributed by atoms with Gasteiger partial charge in [-0.2, -0.15) is 0 Å². The summed E-state index contributed by atoms with van der Waals surface area (Å²) in [6.45, 7) is 0.265. The quantitative estimate of drug-likeness (QED) is 0.392. The number of carbonyl (C=O) groups is 2. The van der Waals surface area contributed by atoms with Crippen molar-refractivity contribution in [1.82, 2.24) is 4.90 Å². The SMILES string of the molecule is O=C1CN2C(=O)[C@@H](OCc3ccccc3)[C@@]2(c2ccccc2)c2ccccc2N1c1ccccc1. The number of carbonyl (C=O) groups excluding carboxylic acids is 2. The number of para-hydroxylation sites is 2. The summed E-state index contributed by atoms with van der Waals surface area (Å²) in [6, 6.07) is 37.2. The van der Waals surface area contributed by atoms with Crippen molar-refractivity contribution in [1.29, 1.82) is 0 Å². The van der Waals surface area contributed by atoms with Gasteiger partial charge in [-0.05, 0) is 29.3 Å². The Kier molecular flexibility index (Phi) is 5.20. The summed E-state index contributed by atoms with van der Waals surface area (Å²) in [6.07, 6.45) is -0.755. The topological polar surface area (TPSA) is 49.9 Å². The van der Waals surface area contributed by atoms with Crippen LogP contribution in [-0.4, -0.2) is 29.4 Å². The number of anilines is 2. The summed E-state index contributed by atoms with van der Waals surface area (Å²) in [5, 5.41) is 0. The third-order valence-electron chi connectivity index (χ3n) is 6.88. The van der Waals surface area contributed by atoms with Crippen molar-refractivity contribution in [2.24, 2.45) is 0 Å². The molecular formula is C30H24N2O3. The van der Waals surface area contributed by atoms with Crippen LogP contribution in [0.4, 0.5) is 11.4 Å². The van der Waals surface area contributed by atoms with Crippen LogP contribution < -0.4 is 4.90 Å². The molecule has 0 radical (unpaired) electrons. The number of rotatable bonds is 5. The van der Waals surface area contributed by atoms with Crippen LogP contribution in [0.5, 0.6) is 0 Å². The van der Waals surface area contributed by atoms with E-state index in [0.29, 0.717) is 6.61 Å². The summed E-state index contributed by atoms with van der Waals surface area (Å²) in [7, 11) is 0. The molecule has 0 bridgehead atoms. The molecule has 4 aromatic carbocycles. The molecule has 1 fully saturated rings. The molecule has 0 N–H and O–H groups in total. The van der Waals surface area contributed by atoms with Crippen LogP contribution in [0.1, 0.15) is 16.7 Å². The maximum absolute atomic E-state index is 13.7. The highest BCUT2D eigenvalue weighted by Gasteiger charge is 2.65. The van der Waals surface area contributed by atoms with E-state index in [1.165, 1.54) is 0 Å². The minimum Gasteiger partial charge on any atom is -0.360 e. The molecule has 2 atom stereocenters. The summed E-state index contributed by atoms with van der Waals surface area (Å²) in [5.74, 6) is -0.334. The lowest BCUT2D eigenvalue weighted by atomic mass is 9.69. The lowest BCUT2D eigenvalue weighted by Crippen LogP contribution is -2.73. The third kappa shape index (κ3) is 3.27. The Balaban J connectivity index is 1.54. The summed E-state index contributed by atoms with van der Waals surface area (Å²) in [5.41, 5.74) is 3.40. The minimum atomic E-state index is -0.914. The van der Waals surface area contributed by atoms with Crippen molar-refractivity contribution in [2.75, 3.05) is 11.4 Å². The fraction of sp³-hybridized carbons (Fsp3) is 0.133. The van der Waals surface area contributed by atoms with Gasteiger partial charge in [0.15, 0.2) is 6.10 Å². The molecule has 0 unspecified atom stereocenters. The second-order valence-corrected chi connectivity index (χ2v) is 8.82. The highest BCUT2D eigenvalue weighted by Crippen LogP contribution is 2.53. The zero-order valence-corrected chi connectivity index (χ0v) is 19.1. The van der Waals surface area contributed by atoms with Gasteiger partial charge < -0.3 is 9.64 Å². The van der Waals surface area contributed by atoms with E-state index >= 15 is 0 Å². The Hall–Kier alpha value is -4.22. The Morgan fingerprint density at radius 2 is 1.34 bits per heavy atom. The van der Waals surface area contributed by atoms with Gasteiger partial charge in [-0.3, -0.25) is 14.5 Å². The van der Waals surface area contributed by atoms with E-state index < -0.39 is 11.6 Å². The van der Waals surface area contributed by atoms with Crippen molar-refractivity contribution in [2.45, 2.75) is 18.2 Å². The van der Waals surface area contributed by atoms with E-state index in [4.69, 9.17) is 4.74 Å². The highest BCUT2D eigenvalue weighted by atomic mass is 16.5. The maximum atomic E-state index is 13.7. The number of hydrogen-bond donors (Lipinski definition) is 0. The summed E-state index contributed by atoms with van der Waals surface area (Å²) < 4.78 is 6.37. The van der Waals surface area contributed by atoms with E-state index in [-0.39, 0.29) is 18.4 Å². The van der Waals surface area contributed by atoms with Gasteiger partial charge in [0.1, 0.15) is 12.1 Å². The Morgan fingerprint density at radius 3 is 2.06 bits per heavy atom. The molecule has 5 nitrogen and oxygen atoms in total. The molecule has 2 amide bonds. The average molecular weight is 461 g/mol. The number of ether oxygens (including phenoxy) is 1. The van der Waals surface area contributed by atoms with Crippen molar-refractivity contribution >= 4 is 23.2 Å². The van der Waals surface area contributed by atoms with Crippen LogP contribution in [0.15, 0.2) is 115 Å². The number of β-lactam (4-membered cyclic amide) rings is 1. The van der Waals surface area contributed by atoms with Crippen molar-refractivity contribution in [3.05, 3.63) is 132 Å². The van der Waals surface area contributed by atoms with Crippen LogP contribution in [-0.2, 0) is 26.5 Å². The van der Waals surface area contributed by atoms with E-state index in [1.807, 2.05) is 115 Å². The number of fused-ring (bicyclic) bond motifs is 3. The Labute approximate surface area is 204 Å². The van der Waals surface area contributed by atoms with Gasteiger partial charge in [0.25, 0.3) is 11.8 Å². The molecule has 2 aliphatic heterocycles. The van der Waals surface area contributed by atoms with Crippen LogP contribution in [0.3, 0.4) is 0 Å². The van der Waals surface area contributed by atoms with Gasteiger partial charge in [0.2, 0.25) is 0 Å². The lowest BCUT2D eigenvalue weighted by molar-refractivity contribution is -0.192. The molecular weight excluding hydrogens is 436 g/mol. The highest BCUT2D eigenvalue weighted by molar-refractivity contribution is 6.08. The molecule has 0 aromatic heterocycles. The van der Waals surface area contributed by atoms with E-state index in [9.17, 15) is 9.59 Å². The number of amides is 2. The number of benzene rings is 4. The Morgan fingerprint density at radius 1 is 0.743 bits per heavy atom. The molecule has 0 aliphatic carbocycles. The first-order valence-electron chi connectivity index (χ1n) is 11.7.